The van der Waals surface area contributed by atoms with Gasteiger partial charge in [0.15, 0.2) is 0 Å². The smallest absolute Gasteiger partial charge is 0.222 e. The van der Waals surface area contributed by atoms with E-state index in [0.717, 1.165) is 18.9 Å². The first kappa shape index (κ1) is 14.8. The zero-order valence-corrected chi connectivity index (χ0v) is 12.4. The molecule has 1 aliphatic heterocycles. The average molecular weight is 266 g/mol. The van der Waals surface area contributed by atoms with Crippen LogP contribution in [0.15, 0.2) is 0 Å². The van der Waals surface area contributed by atoms with Gasteiger partial charge in [0.1, 0.15) is 0 Å². The Balaban J connectivity index is 1.85. The lowest BCUT2D eigenvalue weighted by molar-refractivity contribution is -0.133. The van der Waals surface area contributed by atoms with E-state index in [9.17, 15) is 4.79 Å². The van der Waals surface area contributed by atoms with E-state index in [2.05, 4.69) is 11.8 Å². The molecule has 19 heavy (non-hydrogen) atoms. The Bertz CT molecular complexity index is 286. The predicted octanol–water partition coefficient (Wildman–Crippen LogP) is 2.93. The van der Waals surface area contributed by atoms with Crippen LogP contribution in [-0.2, 0) is 4.79 Å². The van der Waals surface area contributed by atoms with Gasteiger partial charge in [0, 0.05) is 19.0 Å². The van der Waals surface area contributed by atoms with Crippen molar-refractivity contribution in [3.05, 3.63) is 0 Å². The van der Waals surface area contributed by atoms with Crippen molar-refractivity contribution in [2.45, 2.75) is 70.8 Å². The molecule has 0 aromatic rings. The van der Waals surface area contributed by atoms with Crippen LogP contribution >= 0.6 is 0 Å². The van der Waals surface area contributed by atoms with Crippen molar-refractivity contribution in [2.75, 3.05) is 13.1 Å². The van der Waals surface area contributed by atoms with Crippen molar-refractivity contribution in [1.29, 1.82) is 0 Å². The molecule has 1 heterocycles. The van der Waals surface area contributed by atoms with Crippen LogP contribution in [0.25, 0.3) is 0 Å². The van der Waals surface area contributed by atoms with Gasteiger partial charge < -0.3 is 10.6 Å². The summed E-state index contributed by atoms with van der Waals surface area (Å²) in [5.41, 5.74) is 5.63. The van der Waals surface area contributed by atoms with Gasteiger partial charge in [-0.25, -0.2) is 0 Å². The Hall–Kier alpha value is -0.570. The monoisotopic (exact) mass is 266 g/mol. The molecule has 0 spiro atoms. The van der Waals surface area contributed by atoms with Crippen molar-refractivity contribution in [3.8, 4) is 0 Å². The molecule has 2 fully saturated rings. The molecule has 1 amide bonds. The number of rotatable bonds is 5. The topological polar surface area (TPSA) is 46.3 Å². The second kappa shape index (κ2) is 7.28. The lowest BCUT2D eigenvalue weighted by atomic mass is 9.83. The zero-order chi connectivity index (χ0) is 13.7. The Morgan fingerprint density at radius 2 is 1.95 bits per heavy atom. The van der Waals surface area contributed by atoms with Crippen LogP contribution in [0.2, 0.25) is 0 Å². The molecule has 2 atom stereocenters. The number of likely N-dealkylation sites (tertiary alicyclic amines) is 1. The molecular weight excluding hydrogens is 236 g/mol. The quantitative estimate of drug-likeness (QED) is 0.831. The van der Waals surface area contributed by atoms with E-state index < -0.39 is 0 Å². The molecule has 1 saturated carbocycles. The fourth-order valence-electron chi connectivity index (χ4n) is 3.74. The van der Waals surface area contributed by atoms with E-state index in [0.29, 0.717) is 30.8 Å². The van der Waals surface area contributed by atoms with Crippen LogP contribution in [0.4, 0.5) is 0 Å². The van der Waals surface area contributed by atoms with Gasteiger partial charge in [-0.3, -0.25) is 4.79 Å². The van der Waals surface area contributed by atoms with E-state index in [1.54, 1.807) is 0 Å². The lowest BCUT2D eigenvalue weighted by Crippen LogP contribution is -2.40. The fourth-order valence-corrected chi connectivity index (χ4v) is 3.74. The minimum Gasteiger partial charge on any atom is -0.339 e. The van der Waals surface area contributed by atoms with Gasteiger partial charge >= 0.3 is 0 Å². The molecule has 0 aromatic heterocycles. The van der Waals surface area contributed by atoms with Crippen LogP contribution in [0.1, 0.15) is 64.7 Å². The highest BCUT2D eigenvalue weighted by Gasteiger charge is 2.34. The average Bonchev–Trinajstić information content (AvgIpc) is 2.94. The second-order valence-corrected chi connectivity index (χ2v) is 6.57. The van der Waals surface area contributed by atoms with Gasteiger partial charge in [-0.1, -0.05) is 26.2 Å². The lowest BCUT2D eigenvalue weighted by Gasteiger charge is -2.34. The summed E-state index contributed by atoms with van der Waals surface area (Å²) in [5.74, 6) is 1.64. The summed E-state index contributed by atoms with van der Waals surface area (Å²) in [6, 6.07) is 0.556. The standard InChI is InChI=1S/C16H30N2O/c1-13(12-17)9-10-16(19)18-11-5-8-15(18)14-6-3-2-4-7-14/h13-15H,2-12,17H2,1H3. The molecule has 3 heteroatoms. The highest BCUT2D eigenvalue weighted by Crippen LogP contribution is 2.34. The van der Waals surface area contributed by atoms with Crippen molar-refractivity contribution >= 4 is 5.91 Å². The normalized spacial score (nSPS) is 26.6. The number of nitrogens with zero attached hydrogens (tertiary/aromatic N) is 1. The fraction of sp³-hybridized carbons (Fsp3) is 0.938. The summed E-state index contributed by atoms with van der Waals surface area (Å²) in [6.45, 7) is 3.83. The molecule has 0 radical (unpaired) electrons. The number of hydrogen-bond acceptors (Lipinski definition) is 2. The summed E-state index contributed by atoms with van der Waals surface area (Å²) in [4.78, 5) is 14.6. The summed E-state index contributed by atoms with van der Waals surface area (Å²) < 4.78 is 0. The molecule has 2 N–H and O–H groups in total. The van der Waals surface area contributed by atoms with Gasteiger partial charge in [0.25, 0.3) is 0 Å². The van der Waals surface area contributed by atoms with Crippen molar-refractivity contribution in [1.82, 2.24) is 4.90 Å². The molecule has 2 unspecified atom stereocenters. The first-order valence-corrected chi connectivity index (χ1v) is 8.22. The third kappa shape index (κ3) is 3.95. The van der Waals surface area contributed by atoms with E-state index >= 15 is 0 Å². The zero-order valence-electron chi connectivity index (χ0n) is 12.4. The molecule has 0 aromatic carbocycles. The minimum atomic E-state index is 0.383. The van der Waals surface area contributed by atoms with Crippen LogP contribution in [0.3, 0.4) is 0 Å². The van der Waals surface area contributed by atoms with Crippen molar-refractivity contribution in [3.63, 3.8) is 0 Å². The first-order chi connectivity index (χ1) is 9.22. The number of carbonyl (C=O) groups is 1. The molecule has 1 aliphatic carbocycles. The third-order valence-electron chi connectivity index (χ3n) is 5.07. The number of nitrogens with two attached hydrogens (primary N) is 1. The Kier molecular flexibility index (Phi) is 5.68. The van der Waals surface area contributed by atoms with Crippen LogP contribution in [0.5, 0.6) is 0 Å². The largest absolute Gasteiger partial charge is 0.339 e. The number of carbonyl (C=O) groups excluding carboxylic acids is 1. The Morgan fingerprint density at radius 3 is 2.63 bits per heavy atom. The SMILES string of the molecule is CC(CN)CCC(=O)N1CCCC1C1CCCCC1. The molecule has 0 bridgehead atoms. The summed E-state index contributed by atoms with van der Waals surface area (Å²) in [6.07, 6.45) is 10.9. The summed E-state index contributed by atoms with van der Waals surface area (Å²) in [5, 5.41) is 0. The van der Waals surface area contributed by atoms with E-state index in [1.807, 2.05) is 0 Å². The van der Waals surface area contributed by atoms with E-state index in [4.69, 9.17) is 5.73 Å². The molecule has 3 nitrogen and oxygen atoms in total. The van der Waals surface area contributed by atoms with Crippen LogP contribution in [0, 0.1) is 11.8 Å². The summed E-state index contributed by atoms with van der Waals surface area (Å²) in [7, 11) is 0. The van der Waals surface area contributed by atoms with Gasteiger partial charge in [-0.15, -0.1) is 0 Å². The maximum Gasteiger partial charge on any atom is 0.222 e. The second-order valence-electron chi connectivity index (χ2n) is 6.57. The van der Waals surface area contributed by atoms with E-state index in [1.165, 1.54) is 44.9 Å². The Labute approximate surface area is 117 Å². The molecule has 1 saturated heterocycles. The van der Waals surface area contributed by atoms with Gasteiger partial charge in [0.05, 0.1) is 0 Å². The van der Waals surface area contributed by atoms with Gasteiger partial charge in [-0.2, -0.15) is 0 Å². The predicted molar refractivity (Wildman–Crippen MR) is 78.8 cm³/mol. The van der Waals surface area contributed by atoms with Crippen LogP contribution < -0.4 is 5.73 Å². The third-order valence-corrected chi connectivity index (χ3v) is 5.07. The van der Waals surface area contributed by atoms with Crippen molar-refractivity contribution < 1.29 is 4.79 Å². The molecule has 110 valence electrons. The van der Waals surface area contributed by atoms with Gasteiger partial charge in [0.2, 0.25) is 5.91 Å². The number of amides is 1. The first-order valence-electron chi connectivity index (χ1n) is 8.22. The highest BCUT2D eigenvalue weighted by molar-refractivity contribution is 5.76. The molecule has 2 rings (SSSR count). The maximum absolute atomic E-state index is 12.4. The van der Waals surface area contributed by atoms with Crippen molar-refractivity contribution in [2.24, 2.45) is 17.6 Å². The molecular formula is C16H30N2O. The minimum absolute atomic E-state index is 0.383. The maximum atomic E-state index is 12.4. The highest BCUT2D eigenvalue weighted by atomic mass is 16.2. The Morgan fingerprint density at radius 1 is 1.21 bits per heavy atom. The van der Waals surface area contributed by atoms with Crippen LogP contribution in [-0.4, -0.2) is 29.9 Å². The van der Waals surface area contributed by atoms with Gasteiger partial charge in [-0.05, 0) is 50.5 Å². The van der Waals surface area contributed by atoms with E-state index in [-0.39, 0.29) is 0 Å². The summed E-state index contributed by atoms with van der Waals surface area (Å²) >= 11 is 0. The molecule has 2 aliphatic rings. The number of hydrogen-bond donors (Lipinski definition) is 1.